The van der Waals surface area contributed by atoms with Gasteiger partial charge in [-0.15, -0.1) is 10.2 Å². The first-order valence-electron chi connectivity index (χ1n) is 7.51. The van der Waals surface area contributed by atoms with E-state index in [1.165, 1.54) is 23.3 Å². The van der Waals surface area contributed by atoms with Crippen molar-refractivity contribution in [2.45, 2.75) is 25.9 Å². The van der Waals surface area contributed by atoms with Gasteiger partial charge < -0.3 is 14.8 Å². The van der Waals surface area contributed by atoms with E-state index >= 15 is 0 Å². The maximum Gasteiger partial charge on any atom is 0.305 e. The fourth-order valence-electron chi connectivity index (χ4n) is 2.29. The molecule has 1 aromatic heterocycles. The van der Waals surface area contributed by atoms with Gasteiger partial charge in [-0.3, -0.25) is 19.3 Å². The number of methoxy groups -OCH3 is 2. The van der Waals surface area contributed by atoms with E-state index in [4.69, 9.17) is 4.74 Å². The summed E-state index contributed by atoms with van der Waals surface area (Å²) in [5.41, 5.74) is 0. The number of rotatable bonds is 8. The lowest BCUT2D eigenvalue weighted by molar-refractivity contribution is -0.140. The Morgan fingerprint density at radius 2 is 2.17 bits per heavy atom. The Hall–Kier alpha value is -2.07. The highest BCUT2D eigenvalue weighted by molar-refractivity contribution is 7.15. The van der Waals surface area contributed by atoms with Crippen molar-refractivity contribution >= 4 is 34.3 Å². The first-order valence-corrected chi connectivity index (χ1v) is 8.33. The number of nitrogens with zero attached hydrogens (tertiary/aromatic N) is 3. The number of hydrogen-bond donors (Lipinski definition) is 1. The van der Waals surface area contributed by atoms with Gasteiger partial charge in [0.15, 0.2) is 0 Å². The Kier molecular flexibility index (Phi) is 6.62. The van der Waals surface area contributed by atoms with Crippen molar-refractivity contribution in [2.24, 2.45) is 5.92 Å². The molecule has 0 saturated carbocycles. The van der Waals surface area contributed by atoms with Crippen molar-refractivity contribution < 1.29 is 23.9 Å². The lowest BCUT2D eigenvalue weighted by Gasteiger charge is -2.12. The largest absolute Gasteiger partial charge is 0.469 e. The van der Waals surface area contributed by atoms with Crippen LogP contribution in [0, 0.1) is 5.92 Å². The number of hydrogen-bond acceptors (Lipinski definition) is 8. The molecule has 0 radical (unpaired) electrons. The monoisotopic (exact) mass is 356 g/mol. The fourth-order valence-corrected chi connectivity index (χ4v) is 3.13. The van der Waals surface area contributed by atoms with E-state index < -0.39 is 5.92 Å². The van der Waals surface area contributed by atoms with Crippen LogP contribution in [0.25, 0.3) is 0 Å². The molecule has 9 nitrogen and oxygen atoms in total. The van der Waals surface area contributed by atoms with Gasteiger partial charge in [-0.05, 0) is 6.42 Å². The van der Waals surface area contributed by atoms with Gasteiger partial charge in [-0.1, -0.05) is 11.3 Å². The minimum atomic E-state index is -0.426. The smallest absolute Gasteiger partial charge is 0.305 e. The summed E-state index contributed by atoms with van der Waals surface area (Å²) >= 11 is 1.27. The van der Waals surface area contributed by atoms with E-state index in [0.29, 0.717) is 29.7 Å². The van der Waals surface area contributed by atoms with Crippen LogP contribution < -0.4 is 10.2 Å². The zero-order chi connectivity index (χ0) is 17.5. The average molecular weight is 356 g/mol. The molecular weight excluding hydrogens is 336 g/mol. The molecular formula is C14H20N4O5S. The van der Waals surface area contributed by atoms with Crippen LogP contribution in [0.2, 0.25) is 0 Å². The summed E-state index contributed by atoms with van der Waals surface area (Å²) in [5, 5.41) is 11.8. The molecule has 0 aromatic carbocycles. The van der Waals surface area contributed by atoms with E-state index in [-0.39, 0.29) is 37.2 Å². The third-order valence-corrected chi connectivity index (χ3v) is 4.46. The van der Waals surface area contributed by atoms with E-state index in [1.54, 1.807) is 7.11 Å². The van der Waals surface area contributed by atoms with Crippen LogP contribution in [0.1, 0.15) is 24.3 Å². The van der Waals surface area contributed by atoms with E-state index in [0.717, 1.165) is 0 Å². The van der Waals surface area contributed by atoms with E-state index in [9.17, 15) is 14.4 Å². The first-order chi connectivity index (χ1) is 11.5. The highest BCUT2D eigenvalue weighted by Crippen LogP contribution is 2.28. The van der Waals surface area contributed by atoms with Crippen molar-refractivity contribution in [1.82, 2.24) is 15.5 Å². The molecule has 1 aliphatic heterocycles. The van der Waals surface area contributed by atoms with Gasteiger partial charge >= 0.3 is 5.97 Å². The summed E-state index contributed by atoms with van der Waals surface area (Å²) < 4.78 is 9.51. The maximum atomic E-state index is 12.1. The second-order valence-electron chi connectivity index (χ2n) is 5.29. The maximum absolute atomic E-state index is 12.1. The second kappa shape index (κ2) is 8.69. The molecule has 10 heteroatoms. The number of esters is 1. The van der Waals surface area contributed by atoms with Crippen LogP contribution in [0.5, 0.6) is 0 Å². The molecule has 0 aliphatic carbocycles. The van der Waals surface area contributed by atoms with Crippen LogP contribution in [-0.4, -0.2) is 55.3 Å². The number of aromatic nitrogens is 2. The molecule has 1 unspecified atom stereocenters. The number of amides is 2. The second-order valence-corrected chi connectivity index (χ2v) is 6.33. The third-order valence-electron chi connectivity index (χ3n) is 3.54. The van der Waals surface area contributed by atoms with Crippen molar-refractivity contribution in [1.29, 1.82) is 0 Å². The van der Waals surface area contributed by atoms with Gasteiger partial charge in [0.2, 0.25) is 16.9 Å². The standard InChI is InChI=1S/C14H20N4O5S/c1-22-8-10-16-17-14(24-10)18-7-9(6-11(18)19)13(21)15-5-3-4-12(20)23-2/h9H,3-8H2,1-2H3,(H,15,21). The topological polar surface area (TPSA) is 111 Å². The molecule has 1 fully saturated rings. The van der Waals surface area contributed by atoms with Crippen LogP contribution in [-0.2, 0) is 30.5 Å². The molecule has 132 valence electrons. The number of anilines is 1. The Morgan fingerprint density at radius 1 is 1.38 bits per heavy atom. The molecule has 2 rings (SSSR count). The minimum Gasteiger partial charge on any atom is -0.469 e. The van der Waals surface area contributed by atoms with Crippen LogP contribution in [0.4, 0.5) is 5.13 Å². The highest BCUT2D eigenvalue weighted by atomic mass is 32.1. The van der Waals surface area contributed by atoms with Crippen molar-refractivity contribution in [3.8, 4) is 0 Å². The number of carbonyl (C=O) groups excluding carboxylic acids is 3. The summed E-state index contributed by atoms with van der Waals surface area (Å²) in [7, 11) is 2.88. The number of carbonyl (C=O) groups is 3. The van der Waals surface area contributed by atoms with Gasteiger partial charge in [0.05, 0.1) is 13.0 Å². The van der Waals surface area contributed by atoms with Crippen LogP contribution >= 0.6 is 11.3 Å². The normalized spacial score (nSPS) is 17.2. The summed E-state index contributed by atoms with van der Waals surface area (Å²) in [6.45, 7) is 0.989. The van der Waals surface area contributed by atoms with Crippen LogP contribution in [0.3, 0.4) is 0 Å². The van der Waals surface area contributed by atoms with Crippen LogP contribution in [0.15, 0.2) is 0 Å². The zero-order valence-corrected chi connectivity index (χ0v) is 14.4. The molecule has 1 atom stereocenters. The van der Waals surface area contributed by atoms with Gasteiger partial charge in [-0.2, -0.15) is 0 Å². The molecule has 1 N–H and O–H groups in total. The molecule has 24 heavy (non-hydrogen) atoms. The number of nitrogens with one attached hydrogen (secondary N) is 1. The Labute approximate surface area is 143 Å². The Bertz CT molecular complexity index is 606. The molecule has 1 saturated heterocycles. The quantitative estimate of drug-likeness (QED) is 0.520. The van der Waals surface area contributed by atoms with Gasteiger partial charge in [0, 0.05) is 33.0 Å². The van der Waals surface area contributed by atoms with E-state index in [2.05, 4.69) is 20.3 Å². The number of ether oxygens (including phenoxy) is 2. The van der Waals surface area contributed by atoms with Gasteiger partial charge in [-0.25, -0.2) is 0 Å². The summed E-state index contributed by atoms with van der Waals surface area (Å²) in [5.74, 6) is -1.08. The molecule has 0 bridgehead atoms. The zero-order valence-electron chi connectivity index (χ0n) is 13.6. The summed E-state index contributed by atoms with van der Waals surface area (Å²) in [6.07, 6.45) is 0.890. The minimum absolute atomic E-state index is 0.141. The fraction of sp³-hybridized carbons (Fsp3) is 0.643. The average Bonchev–Trinajstić information content (AvgIpc) is 3.18. The molecule has 1 aromatic rings. The van der Waals surface area contributed by atoms with Crippen molar-refractivity contribution in [2.75, 3.05) is 32.2 Å². The lowest BCUT2D eigenvalue weighted by Crippen LogP contribution is -2.33. The molecule has 0 spiro atoms. The summed E-state index contributed by atoms with van der Waals surface area (Å²) in [6, 6.07) is 0. The molecule has 1 aliphatic rings. The predicted octanol–water partition coefficient (Wildman–Crippen LogP) is 0.107. The van der Waals surface area contributed by atoms with Crippen molar-refractivity contribution in [3.05, 3.63) is 5.01 Å². The summed E-state index contributed by atoms with van der Waals surface area (Å²) in [4.78, 5) is 36.7. The lowest BCUT2D eigenvalue weighted by atomic mass is 10.1. The van der Waals surface area contributed by atoms with Crippen molar-refractivity contribution in [3.63, 3.8) is 0 Å². The van der Waals surface area contributed by atoms with Gasteiger partial charge in [0.1, 0.15) is 11.6 Å². The predicted molar refractivity (Wildman–Crippen MR) is 85.3 cm³/mol. The first kappa shape index (κ1) is 18.3. The SMILES string of the molecule is COCc1nnc(N2CC(C(=O)NCCCC(=O)OC)CC2=O)s1. The Balaban J connectivity index is 1.82. The van der Waals surface area contributed by atoms with E-state index in [1.807, 2.05) is 0 Å². The third kappa shape index (κ3) is 4.71. The highest BCUT2D eigenvalue weighted by Gasteiger charge is 2.36. The Morgan fingerprint density at radius 3 is 2.88 bits per heavy atom. The molecule has 2 heterocycles. The molecule has 2 amide bonds. The van der Waals surface area contributed by atoms with Gasteiger partial charge in [0.25, 0.3) is 0 Å².